The zero-order valence-electron chi connectivity index (χ0n) is 13.6. The van der Waals surface area contributed by atoms with E-state index in [2.05, 4.69) is 10.1 Å². The van der Waals surface area contributed by atoms with Gasteiger partial charge in [0.25, 0.3) is 0 Å². The number of aromatic nitrogens is 1. The van der Waals surface area contributed by atoms with E-state index in [9.17, 15) is 0 Å². The summed E-state index contributed by atoms with van der Waals surface area (Å²) >= 11 is 1.50. The van der Waals surface area contributed by atoms with Gasteiger partial charge in [-0.3, -0.25) is 4.99 Å². The maximum atomic E-state index is 5.48. The van der Waals surface area contributed by atoms with Gasteiger partial charge in [0, 0.05) is 18.0 Å². The molecular formula is C17H17N3O3S. The highest BCUT2D eigenvalue weighted by Gasteiger charge is 2.13. The molecule has 0 bridgehead atoms. The van der Waals surface area contributed by atoms with Crippen LogP contribution in [0.2, 0.25) is 0 Å². The quantitative estimate of drug-likeness (QED) is 0.668. The van der Waals surface area contributed by atoms with Crippen LogP contribution in [-0.2, 0) is 0 Å². The van der Waals surface area contributed by atoms with Crippen LogP contribution in [0.3, 0.4) is 0 Å². The van der Waals surface area contributed by atoms with E-state index in [1.54, 1.807) is 38.4 Å². The van der Waals surface area contributed by atoms with Crippen LogP contribution in [0.1, 0.15) is 5.76 Å². The Morgan fingerprint density at radius 2 is 2.08 bits per heavy atom. The van der Waals surface area contributed by atoms with E-state index in [1.807, 2.05) is 35.7 Å². The van der Waals surface area contributed by atoms with Crippen molar-refractivity contribution in [2.45, 2.75) is 0 Å². The number of rotatable bonds is 5. The van der Waals surface area contributed by atoms with Crippen LogP contribution in [-0.4, -0.2) is 32.2 Å². The predicted octanol–water partition coefficient (Wildman–Crippen LogP) is 3.24. The zero-order chi connectivity index (χ0) is 16.9. The first-order valence-corrected chi connectivity index (χ1v) is 8.08. The minimum atomic E-state index is 0.666. The molecule has 2 heterocycles. The highest BCUT2D eigenvalue weighted by Crippen LogP contribution is 2.33. The molecule has 0 saturated heterocycles. The van der Waals surface area contributed by atoms with E-state index in [0.717, 1.165) is 27.6 Å². The number of nitrogens with zero attached hydrogens (tertiary/aromatic N) is 3. The van der Waals surface area contributed by atoms with Crippen molar-refractivity contribution in [3.8, 4) is 22.8 Å². The van der Waals surface area contributed by atoms with Gasteiger partial charge in [-0.05, 0) is 30.3 Å². The van der Waals surface area contributed by atoms with E-state index in [4.69, 9.17) is 13.9 Å². The number of benzene rings is 1. The first kappa shape index (κ1) is 16.1. The van der Waals surface area contributed by atoms with E-state index in [1.165, 1.54) is 11.3 Å². The van der Waals surface area contributed by atoms with Crippen molar-refractivity contribution >= 4 is 17.6 Å². The van der Waals surface area contributed by atoms with E-state index in [0.29, 0.717) is 5.76 Å². The fraction of sp³-hybridized carbons (Fsp3) is 0.176. The number of hydrogen-bond acceptors (Lipinski definition) is 6. The van der Waals surface area contributed by atoms with Crippen LogP contribution in [0.5, 0.6) is 11.5 Å². The third-order valence-corrected chi connectivity index (χ3v) is 4.31. The van der Waals surface area contributed by atoms with Crippen LogP contribution in [0.25, 0.3) is 11.3 Å². The minimum absolute atomic E-state index is 0.666. The van der Waals surface area contributed by atoms with Gasteiger partial charge in [0.05, 0.1) is 32.4 Å². The van der Waals surface area contributed by atoms with Crippen LogP contribution in [0.4, 0.5) is 0 Å². The van der Waals surface area contributed by atoms with Crippen LogP contribution < -0.4 is 14.3 Å². The first-order chi connectivity index (χ1) is 11.8. The summed E-state index contributed by atoms with van der Waals surface area (Å²) in [5, 5.41) is 6.49. The Bertz CT molecular complexity index is 908. The number of hydrogen-bond donors (Lipinski definition) is 0. The molecule has 0 spiro atoms. The number of furan rings is 1. The van der Waals surface area contributed by atoms with Crippen LogP contribution in [0, 0.1) is 0 Å². The Morgan fingerprint density at radius 1 is 1.21 bits per heavy atom. The van der Waals surface area contributed by atoms with Crippen molar-refractivity contribution < 1.29 is 13.9 Å². The molecular weight excluding hydrogens is 326 g/mol. The van der Waals surface area contributed by atoms with E-state index < -0.39 is 0 Å². The molecule has 0 aliphatic rings. The lowest BCUT2D eigenvalue weighted by Crippen LogP contribution is -2.11. The Kier molecular flexibility index (Phi) is 4.81. The van der Waals surface area contributed by atoms with Gasteiger partial charge in [-0.2, -0.15) is 5.10 Å². The largest absolute Gasteiger partial charge is 0.497 e. The maximum absolute atomic E-state index is 5.48. The zero-order valence-corrected chi connectivity index (χ0v) is 14.4. The Hall–Kier alpha value is -2.80. The second kappa shape index (κ2) is 7.18. The Morgan fingerprint density at radius 3 is 2.75 bits per heavy atom. The van der Waals surface area contributed by atoms with Gasteiger partial charge in [0.1, 0.15) is 17.3 Å². The number of thiazole rings is 1. The second-order valence-electron chi connectivity index (χ2n) is 4.77. The molecule has 0 amide bonds. The topological polar surface area (TPSA) is 61.2 Å². The van der Waals surface area contributed by atoms with Gasteiger partial charge in [-0.15, -0.1) is 11.3 Å². The SMILES string of the molecule is CN=c1scc(-c2cc(OC)ccc2OC)n1/N=C/c1ccco1. The molecule has 0 fully saturated rings. The molecule has 0 saturated carbocycles. The summed E-state index contributed by atoms with van der Waals surface area (Å²) in [6.07, 6.45) is 3.26. The van der Waals surface area contributed by atoms with E-state index in [-0.39, 0.29) is 0 Å². The van der Waals surface area contributed by atoms with Crippen molar-refractivity contribution in [2.24, 2.45) is 10.1 Å². The molecule has 0 N–H and O–H groups in total. The predicted molar refractivity (Wildman–Crippen MR) is 94.0 cm³/mol. The van der Waals surface area contributed by atoms with Crippen molar-refractivity contribution in [2.75, 3.05) is 21.3 Å². The Balaban J connectivity index is 2.14. The maximum Gasteiger partial charge on any atom is 0.205 e. The second-order valence-corrected chi connectivity index (χ2v) is 5.60. The molecule has 24 heavy (non-hydrogen) atoms. The summed E-state index contributed by atoms with van der Waals surface area (Å²) in [5.74, 6) is 2.14. The molecule has 7 heteroatoms. The van der Waals surface area contributed by atoms with Crippen LogP contribution in [0.15, 0.2) is 56.5 Å². The average molecular weight is 343 g/mol. The van der Waals surface area contributed by atoms with Gasteiger partial charge in [-0.25, -0.2) is 4.68 Å². The summed E-state index contributed by atoms with van der Waals surface area (Å²) < 4.78 is 17.9. The molecule has 3 aromatic rings. The molecule has 1 aromatic carbocycles. The van der Waals surface area contributed by atoms with Crippen molar-refractivity contribution in [3.63, 3.8) is 0 Å². The Labute approximate surface area is 143 Å². The molecule has 0 aliphatic heterocycles. The van der Waals surface area contributed by atoms with Crippen molar-refractivity contribution in [1.82, 2.24) is 4.68 Å². The molecule has 0 atom stereocenters. The third kappa shape index (κ3) is 3.11. The fourth-order valence-corrected chi connectivity index (χ4v) is 3.04. The molecule has 0 aliphatic carbocycles. The van der Waals surface area contributed by atoms with Gasteiger partial charge >= 0.3 is 0 Å². The monoisotopic (exact) mass is 343 g/mol. The molecule has 3 rings (SSSR count). The highest BCUT2D eigenvalue weighted by atomic mass is 32.1. The van der Waals surface area contributed by atoms with Gasteiger partial charge < -0.3 is 13.9 Å². The number of ether oxygens (including phenoxy) is 2. The van der Waals surface area contributed by atoms with Crippen molar-refractivity contribution in [1.29, 1.82) is 0 Å². The summed E-state index contributed by atoms with van der Waals surface area (Å²) in [7, 11) is 5.01. The summed E-state index contributed by atoms with van der Waals surface area (Å²) in [6.45, 7) is 0. The average Bonchev–Trinajstić information content (AvgIpc) is 3.28. The first-order valence-electron chi connectivity index (χ1n) is 7.20. The summed E-state index contributed by atoms with van der Waals surface area (Å²) in [4.78, 5) is 5.04. The lowest BCUT2D eigenvalue weighted by molar-refractivity contribution is 0.404. The highest BCUT2D eigenvalue weighted by molar-refractivity contribution is 7.07. The van der Waals surface area contributed by atoms with Gasteiger partial charge in [0.2, 0.25) is 4.80 Å². The normalized spacial score (nSPS) is 12.0. The van der Waals surface area contributed by atoms with Gasteiger partial charge in [-0.1, -0.05) is 0 Å². The lowest BCUT2D eigenvalue weighted by atomic mass is 10.1. The van der Waals surface area contributed by atoms with E-state index >= 15 is 0 Å². The van der Waals surface area contributed by atoms with Gasteiger partial charge in [0.15, 0.2) is 0 Å². The molecule has 0 radical (unpaired) electrons. The standard InChI is InChI=1S/C17H17N3O3S/c1-18-17-20(19-10-13-5-4-8-23-13)15(11-24-17)14-9-12(21-2)6-7-16(14)22-3/h4-11H,1-3H3/b18-17?,19-10+. The molecule has 2 aromatic heterocycles. The van der Waals surface area contributed by atoms with Crippen LogP contribution >= 0.6 is 11.3 Å². The lowest BCUT2D eigenvalue weighted by Gasteiger charge is -2.10. The molecule has 0 unspecified atom stereocenters. The smallest absolute Gasteiger partial charge is 0.205 e. The third-order valence-electron chi connectivity index (χ3n) is 3.40. The minimum Gasteiger partial charge on any atom is -0.497 e. The molecule has 124 valence electrons. The molecule has 6 nitrogen and oxygen atoms in total. The number of methoxy groups -OCH3 is 2. The summed E-state index contributed by atoms with van der Waals surface area (Å²) in [6, 6.07) is 9.30. The summed E-state index contributed by atoms with van der Waals surface area (Å²) in [5.41, 5.74) is 1.73. The van der Waals surface area contributed by atoms with Crippen molar-refractivity contribution in [3.05, 3.63) is 52.5 Å². The fourth-order valence-electron chi connectivity index (χ4n) is 2.24.